The third-order valence-corrected chi connectivity index (χ3v) is 6.28. The second-order valence-corrected chi connectivity index (χ2v) is 8.24. The molecule has 23 heavy (non-hydrogen) atoms. The van der Waals surface area contributed by atoms with E-state index in [0.717, 1.165) is 30.7 Å². The van der Waals surface area contributed by atoms with Crippen LogP contribution in [0.3, 0.4) is 0 Å². The number of nitrogens with zero attached hydrogens (tertiary/aromatic N) is 3. The first kappa shape index (κ1) is 16.2. The van der Waals surface area contributed by atoms with E-state index >= 15 is 0 Å². The Morgan fingerprint density at radius 3 is 2.74 bits per heavy atom. The Hall–Kier alpha value is -1.66. The molecule has 1 saturated heterocycles. The van der Waals surface area contributed by atoms with E-state index < -0.39 is 10.0 Å². The Bertz CT molecular complexity index is 740. The van der Waals surface area contributed by atoms with Crippen molar-refractivity contribution in [2.24, 2.45) is 13.0 Å². The average Bonchev–Trinajstić information content (AvgIpc) is 2.93. The van der Waals surface area contributed by atoms with E-state index in [1.165, 1.54) is 0 Å². The van der Waals surface area contributed by atoms with Crippen LogP contribution in [0.4, 0.5) is 0 Å². The topological polar surface area (TPSA) is 55.2 Å². The zero-order chi connectivity index (χ0) is 16.3. The van der Waals surface area contributed by atoms with Crippen LogP contribution in [0.5, 0.6) is 0 Å². The van der Waals surface area contributed by atoms with E-state index in [1.54, 1.807) is 10.5 Å². The summed E-state index contributed by atoms with van der Waals surface area (Å²) >= 11 is 0. The second-order valence-electron chi connectivity index (χ2n) is 6.27. The molecule has 0 radical (unpaired) electrons. The van der Waals surface area contributed by atoms with Crippen LogP contribution in [0.2, 0.25) is 0 Å². The fraction of sp³-hybridized carbons (Fsp3) is 0.471. The molecule has 0 saturated carbocycles. The lowest BCUT2D eigenvalue weighted by molar-refractivity contribution is 0.261. The van der Waals surface area contributed by atoms with Crippen molar-refractivity contribution in [3.05, 3.63) is 54.1 Å². The summed E-state index contributed by atoms with van der Waals surface area (Å²) in [5.41, 5.74) is 0.846. The van der Waals surface area contributed by atoms with E-state index in [1.807, 2.05) is 48.1 Å². The lowest BCUT2D eigenvalue weighted by Gasteiger charge is -2.31. The first-order chi connectivity index (χ1) is 11.0. The molecule has 1 aromatic heterocycles. The third kappa shape index (κ3) is 4.00. The first-order valence-electron chi connectivity index (χ1n) is 8.02. The Morgan fingerprint density at radius 2 is 2.04 bits per heavy atom. The van der Waals surface area contributed by atoms with E-state index in [-0.39, 0.29) is 5.75 Å². The second kappa shape index (κ2) is 6.84. The van der Waals surface area contributed by atoms with Crippen molar-refractivity contribution >= 4 is 10.0 Å². The summed E-state index contributed by atoms with van der Waals surface area (Å²) in [4.78, 5) is 4.36. The Morgan fingerprint density at radius 1 is 1.26 bits per heavy atom. The highest BCUT2D eigenvalue weighted by atomic mass is 32.2. The first-order valence-corrected chi connectivity index (χ1v) is 9.63. The molecule has 1 aromatic carbocycles. The molecule has 6 heteroatoms. The molecule has 2 aromatic rings. The molecule has 0 bridgehead atoms. The van der Waals surface area contributed by atoms with Gasteiger partial charge in [0.15, 0.2) is 0 Å². The van der Waals surface area contributed by atoms with Gasteiger partial charge in [-0.3, -0.25) is 0 Å². The molecule has 2 heterocycles. The van der Waals surface area contributed by atoms with Gasteiger partial charge in [-0.2, -0.15) is 0 Å². The van der Waals surface area contributed by atoms with Crippen molar-refractivity contribution in [1.82, 2.24) is 13.9 Å². The summed E-state index contributed by atoms with van der Waals surface area (Å²) in [5.74, 6) is 1.45. The predicted molar refractivity (Wildman–Crippen MR) is 90.3 cm³/mol. The van der Waals surface area contributed by atoms with Crippen LogP contribution in [0.25, 0.3) is 0 Å². The molecule has 0 unspecified atom stereocenters. The van der Waals surface area contributed by atoms with Crippen LogP contribution in [0.15, 0.2) is 42.7 Å². The summed E-state index contributed by atoms with van der Waals surface area (Å²) < 4.78 is 29.0. The number of hydrogen-bond donors (Lipinski definition) is 0. The lowest BCUT2D eigenvalue weighted by atomic mass is 9.96. The highest BCUT2D eigenvalue weighted by Crippen LogP contribution is 2.23. The van der Waals surface area contributed by atoms with Gasteiger partial charge in [0, 0.05) is 39.0 Å². The maximum absolute atomic E-state index is 12.7. The molecule has 124 valence electrons. The van der Waals surface area contributed by atoms with Crippen molar-refractivity contribution in [1.29, 1.82) is 0 Å². The summed E-state index contributed by atoms with van der Waals surface area (Å²) in [7, 11) is -1.27. The Labute approximate surface area is 138 Å². The molecule has 3 rings (SSSR count). The standard InChI is InChI=1S/C17H23N3O2S/c1-19-11-9-18-17(19)12-16-8-5-10-20(13-16)23(21,22)14-15-6-3-2-4-7-15/h2-4,6-7,9,11,16H,5,8,10,12-14H2,1H3/t16-/m0/s1. The van der Waals surface area contributed by atoms with Gasteiger partial charge in [0.2, 0.25) is 10.0 Å². The van der Waals surface area contributed by atoms with E-state index in [9.17, 15) is 8.42 Å². The molecule has 1 aliphatic rings. The number of piperidine rings is 1. The van der Waals surface area contributed by atoms with Gasteiger partial charge in [-0.25, -0.2) is 17.7 Å². The minimum absolute atomic E-state index is 0.0863. The Kier molecular flexibility index (Phi) is 4.82. The summed E-state index contributed by atoms with van der Waals surface area (Å²) in [6.45, 7) is 1.23. The van der Waals surface area contributed by atoms with E-state index in [4.69, 9.17) is 0 Å². The minimum Gasteiger partial charge on any atom is -0.338 e. The van der Waals surface area contributed by atoms with Crippen molar-refractivity contribution in [2.75, 3.05) is 13.1 Å². The van der Waals surface area contributed by atoms with Gasteiger partial charge in [-0.1, -0.05) is 30.3 Å². The number of aryl methyl sites for hydroxylation is 1. The van der Waals surface area contributed by atoms with Crippen LogP contribution >= 0.6 is 0 Å². The van der Waals surface area contributed by atoms with Crippen LogP contribution in [-0.4, -0.2) is 35.4 Å². The molecule has 1 atom stereocenters. The Balaban J connectivity index is 1.66. The number of rotatable bonds is 5. The highest BCUT2D eigenvalue weighted by molar-refractivity contribution is 7.88. The molecule has 0 N–H and O–H groups in total. The van der Waals surface area contributed by atoms with E-state index in [0.29, 0.717) is 19.0 Å². The summed E-state index contributed by atoms with van der Waals surface area (Å²) in [5, 5.41) is 0. The summed E-state index contributed by atoms with van der Waals surface area (Å²) in [6.07, 6.45) is 6.54. The van der Waals surface area contributed by atoms with Crippen molar-refractivity contribution < 1.29 is 8.42 Å². The molecular formula is C17H23N3O2S. The highest BCUT2D eigenvalue weighted by Gasteiger charge is 2.29. The van der Waals surface area contributed by atoms with Gasteiger partial charge in [0.1, 0.15) is 5.82 Å². The van der Waals surface area contributed by atoms with Crippen LogP contribution in [0.1, 0.15) is 24.2 Å². The molecule has 0 spiro atoms. The third-order valence-electron chi connectivity index (χ3n) is 4.46. The zero-order valence-corrected chi connectivity index (χ0v) is 14.2. The fourth-order valence-corrected chi connectivity index (χ4v) is 4.82. The number of sulfonamides is 1. The largest absolute Gasteiger partial charge is 0.338 e. The van der Waals surface area contributed by atoms with Crippen molar-refractivity contribution in [3.63, 3.8) is 0 Å². The average molecular weight is 333 g/mol. The monoisotopic (exact) mass is 333 g/mol. The van der Waals surface area contributed by atoms with Gasteiger partial charge in [-0.15, -0.1) is 0 Å². The van der Waals surface area contributed by atoms with Gasteiger partial charge in [-0.05, 0) is 24.3 Å². The number of imidazole rings is 1. The minimum atomic E-state index is -3.25. The maximum Gasteiger partial charge on any atom is 0.218 e. The number of hydrogen-bond acceptors (Lipinski definition) is 3. The van der Waals surface area contributed by atoms with Gasteiger partial charge < -0.3 is 4.57 Å². The molecule has 5 nitrogen and oxygen atoms in total. The van der Waals surface area contributed by atoms with Crippen LogP contribution < -0.4 is 0 Å². The van der Waals surface area contributed by atoms with E-state index in [2.05, 4.69) is 4.98 Å². The fourth-order valence-electron chi connectivity index (χ4n) is 3.17. The van der Waals surface area contributed by atoms with Crippen molar-refractivity contribution in [2.45, 2.75) is 25.0 Å². The molecule has 1 aliphatic heterocycles. The van der Waals surface area contributed by atoms with Crippen molar-refractivity contribution in [3.8, 4) is 0 Å². The van der Waals surface area contributed by atoms with Crippen LogP contribution in [0, 0.1) is 5.92 Å². The van der Waals surface area contributed by atoms with Gasteiger partial charge in [0.05, 0.1) is 5.75 Å². The predicted octanol–water partition coefficient (Wildman–Crippen LogP) is 2.20. The molecular weight excluding hydrogens is 310 g/mol. The quantitative estimate of drug-likeness (QED) is 0.843. The van der Waals surface area contributed by atoms with Gasteiger partial charge in [0.25, 0.3) is 0 Å². The molecule has 0 aliphatic carbocycles. The normalized spacial score (nSPS) is 19.8. The number of aromatic nitrogens is 2. The number of benzene rings is 1. The van der Waals surface area contributed by atoms with Crippen LogP contribution in [-0.2, 0) is 29.2 Å². The molecule has 0 amide bonds. The zero-order valence-electron chi connectivity index (χ0n) is 13.4. The lowest BCUT2D eigenvalue weighted by Crippen LogP contribution is -2.41. The summed E-state index contributed by atoms with van der Waals surface area (Å²) in [6, 6.07) is 9.40. The SMILES string of the molecule is Cn1ccnc1C[C@@H]1CCCN(S(=O)(=O)Cc2ccccc2)C1. The maximum atomic E-state index is 12.7. The van der Waals surface area contributed by atoms with Gasteiger partial charge >= 0.3 is 0 Å². The molecule has 1 fully saturated rings. The smallest absolute Gasteiger partial charge is 0.218 e.